The molecule has 0 bridgehead atoms. The fourth-order valence-corrected chi connectivity index (χ4v) is 1.24. The Kier molecular flexibility index (Phi) is 5.57. The third-order valence-corrected chi connectivity index (χ3v) is 1.93. The van der Waals surface area contributed by atoms with E-state index in [1.807, 2.05) is 0 Å². The van der Waals surface area contributed by atoms with Crippen molar-refractivity contribution in [2.45, 2.75) is 6.18 Å². The molecule has 5 nitrogen and oxygen atoms in total. The number of ether oxygens (including phenoxy) is 1. The summed E-state index contributed by atoms with van der Waals surface area (Å²) in [5, 5.41) is 10.8. The highest BCUT2D eigenvalue weighted by Gasteiger charge is 2.35. The van der Waals surface area contributed by atoms with E-state index in [4.69, 9.17) is 21.4 Å². The van der Waals surface area contributed by atoms with Gasteiger partial charge in [-0.3, -0.25) is 0 Å². The predicted octanol–water partition coefficient (Wildman–Crippen LogP) is 1.57. The molecule has 1 heterocycles. The van der Waals surface area contributed by atoms with Crippen LogP contribution >= 0.6 is 11.6 Å². The van der Waals surface area contributed by atoms with Crippen molar-refractivity contribution < 1.29 is 23.0 Å². The van der Waals surface area contributed by atoms with Crippen LogP contribution in [0.15, 0.2) is 6.07 Å². The molecule has 102 valence electrons. The Morgan fingerprint density at radius 3 is 2.67 bits per heavy atom. The fourth-order valence-electron chi connectivity index (χ4n) is 1.05. The molecule has 18 heavy (non-hydrogen) atoms. The molecule has 1 rings (SSSR count). The maximum absolute atomic E-state index is 12.4. The summed E-state index contributed by atoms with van der Waals surface area (Å²) in [4.78, 5) is 6.37. The van der Waals surface area contributed by atoms with Crippen LogP contribution in [0.4, 0.5) is 19.0 Å². The van der Waals surface area contributed by atoms with E-state index in [2.05, 4.69) is 15.3 Å². The normalized spacial score (nSPS) is 11.6. The number of hydrogen-bond acceptors (Lipinski definition) is 5. The average Bonchev–Trinajstić information content (AvgIpc) is 2.27. The van der Waals surface area contributed by atoms with E-state index in [1.54, 1.807) is 0 Å². The number of hydrogen-bond donors (Lipinski definition) is 2. The molecule has 0 aromatic carbocycles. The molecule has 0 aliphatic rings. The Hall–Kier alpha value is -1.12. The highest BCUT2D eigenvalue weighted by molar-refractivity contribution is 6.29. The van der Waals surface area contributed by atoms with Gasteiger partial charge in [-0.2, -0.15) is 13.2 Å². The van der Waals surface area contributed by atoms with Crippen LogP contribution in [0.2, 0.25) is 5.15 Å². The van der Waals surface area contributed by atoms with Crippen LogP contribution in [0.1, 0.15) is 5.82 Å². The van der Waals surface area contributed by atoms with Gasteiger partial charge in [0.25, 0.3) is 0 Å². The lowest BCUT2D eigenvalue weighted by atomic mass is 10.5. The van der Waals surface area contributed by atoms with Crippen LogP contribution in [-0.2, 0) is 10.9 Å². The highest BCUT2D eigenvalue weighted by atomic mass is 35.5. The first-order valence-corrected chi connectivity index (χ1v) is 5.35. The Balaban J connectivity index is 2.58. The van der Waals surface area contributed by atoms with E-state index in [0.717, 1.165) is 0 Å². The number of halogens is 4. The minimum absolute atomic E-state index is 0.0325. The zero-order valence-electron chi connectivity index (χ0n) is 9.17. The van der Waals surface area contributed by atoms with Crippen LogP contribution < -0.4 is 5.32 Å². The molecule has 0 spiro atoms. The van der Waals surface area contributed by atoms with Crippen LogP contribution in [0.25, 0.3) is 0 Å². The fraction of sp³-hybridized carbons (Fsp3) is 0.556. The molecule has 0 unspecified atom stereocenters. The SMILES string of the molecule is OCCOCCNc1cc(Cl)nc(C(F)(F)F)n1. The molecule has 0 saturated carbocycles. The summed E-state index contributed by atoms with van der Waals surface area (Å²) in [6.07, 6.45) is -4.64. The number of rotatable bonds is 6. The van der Waals surface area contributed by atoms with E-state index in [1.165, 1.54) is 6.07 Å². The molecule has 1 aromatic heterocycles. The Labute approximate surface area is 106 Å². The van der Waals surface area contributed by atoms with Gasteiger partial charge >= 0.3 is 6.18 Å². The molecular weight excluding hydrogens is 275 g/mol. The summed E-state index contributed by atoms with van der Waals surface area (Å²) in [6.45, 7) is 0.520. The number of aliphatic hydroxyl groups excluding tert-OH is 1. The monoisotopic (exact) mass is 285 g/mol. The predicted molar refractivity (Wildman–Crippen MR) is 58.4 cm³/mol. The van der Waals surface area contributed by atoms with Gasteiger partial charge in [0, 0.05) is 12.6 Å². The van der Waals surface area contributed by atoms with Crippen molar-refractivity contribution in [3.63, 3.8) is 0 Å². The number of nitrogens with zero attached hydrogens (tertiary/aromatic N) is 2. The standard InChI is InChI=1S/C9H11ClF3N3O2/c10-6-5-7(14-1-3-18-4-2-17)16-8(15-6)9(11,12)13/h5,17H,1-4H2,(H,14,15,16). The largest absolute Gasteiger partial charge is 0.451 e. The minimum atomic E-state index is -4.64. The molecule has 0 fully saturated rings. The van der Waals surface area contributed by atoms with Gasteiger partial charge in [-0.1, -0.05) is 11.6 Å². The van der Waals surface area contributed by atoms with Crippen molar-refractivity contribution in [2.24, 2.45) is 0 Å². The van der Waals surface area contributed by atoms with Gasteiger partial charge in [0.05, 0.1) is 19.8 Å². The Bertz CT molecular complexity index is 390. The van der Waals surface area contributed by atoms with E-state index in [-0.39, 0.29) is 37.3 Å². The summed E-state index contributed by atoms with van der Waals surface area (Å²) in [6, 6.07) is 1.18. The van der Waals surface area contributed by atoms with Gasteiger partial charge in [-0.25, -0.2) is 9.97 Å². The van der Waals surface area contributed by atoms with Gasteiger partial charge in [0.15, 0.2) is 0 Å². The molecule has 0 aliphatic heterocycles. The number of aliphatic hydroxyl groups is 1. The first-order chi connectivity index (χ1) is 8.43. The molecule has 0 saturated heterocycles. The Morgan fingerprint density at radius 2 is 2.06 bits per heavy atom. The molecule has 0 amide bonds. The van der Waals surface area contributed by atoms with Crippen LogP contribution in [0.5, 0.6) is 0 Å². The zero-order valence-corrected chi connectivity index (χ0v) is 9.92. The quantitative estimate of drug-likeness (QED) is 0.613. The molecule has 2 N–H and O–H groups in total. The first-order valence-electron chi connectivity index (χ1n) is 4.97. The summed E-state index contributed by atoms with van der Waals surface area (Å²) in [5.74, 6) is -1.33. The van der Waals surface area contributed by atoms with Crippen LogP contribution in [-0.4, -0.2) is 41.4 Å². The van der Waals surface area contributed by atoms with Gasteiger partial charge in [0.2, 0.25) is 5.82 Å². The van der Waals surface area contributed by atoms with Crippen molar-refractivity contribution in [3.8, 4) is 0 Å². The van der Waals surface area contributed by atoms with Crippen molar-refractivity contribution >= 4 is 17.4 Å². The maximum atomic E-state index is 12.4. The second-order valence-corrected chi connectivity index (χ2v) is 3.55. The van der Waals surface area contributed by atoms with E-state index in [9.17, 15) is 13.2 Å². The van der Waals surface area contributed by atoms with Gasteiger partial charge in [-0.05, 0) is 0 Å². The van der Waals surface area contributed by atoms with E-state index < -0.39 is 12.0 Å². The topological polar surface area (TPSA) is 67.3 Å². The van der Waals surface area contributed by atoms with Gasteiger partial charge < -0.3 is 15.2 Å². The molecule has 0 aliphatic carbocycles. The second-order valence-electron chi connectivity index (χ2n) is 3.16. The third-order valence-electron chi connectivity index (χ3n) is 1.74. The molecular formula is C9H11ClF3N3O2. The highest BCUT2D eigenvalue weighted by Crippen LogP contribution is 2.28. The average molecular weight is 286 g/mol. The van der Waals surface area contributed by atoms with Crippen molar-refractivity contribution in [1.82, 2.24) is 9.97 Å². The van der Waals surface area contributed by atoms with E-state index in [0.29, 0.717) is 0 Å². The summed E-state index contributed by atoms with van der Waals surface area (Å²) >= 11 is 5.46. The minimum Gasteiger partial charge on any atom is -0.394 e. The smallest absolute Gasteiger partial charge is 0.394 e. The number of aromatic nitrogens is 2. The lowest BCUT2D eigenvalue weighted by Gasteiger charge is -2.09. The van der Waals surface area contributed by atoms with Gasteiger partial charge in [-0.15, -0.1) is 0 Å². The third kappa shape index (κ3) is 5.03. The second kappa shape index (κ2) is 6.72. The molecule has 9 heteroatoms. The summed E-state index contributed by atoms with van der Waals surface area (Å²) < 4.78 is 42.0. The number of alkyl halides is 3. The first kappa shape index (κ1) is 14.9. The zero-order chi connectivity index (χ0) is 13.6. The Morgan fingerprint density at radius 1 is 1.33 bits per heavy atom. The number of nitrogens with one attached hydrogen (secondary N) is 1. The van der Waals surface area contributed by atoms with Crippen molar-refractivity contribution in [3.05, 3.63) is 17.0 Å². The van der Waals surface area contributed by atoms with Crippen LogP contribution in [0, 0.1) is 0 Å². The summed E-state index contributed by atoms with van der Waals surface area (Å²) in [7, 11) is 0. The molecule has 1 aromatic rings. The lowest BCUT2D eigenvalue weighted by molar-refractivity contribution is -0.144. The van der Waals surface area contributed by atoms with Crippen molar-refractivity contribution in [1.29, 1.82) is 0 Å². The lowest BCUT2D eigenvalue weighted by Crippen LogP contribution is -2.16. The molecule has 0 radical (unpaired) electrons. The number of anilines is 1. The summed E-state index contributed by atoms with van der Waals surface area (Å²) in [5.41, 5.74) is 0. The van der Waals surface area contributed by atoms with Crippen LogP contribution in [0.3, 0.4) is 0 Å². The van der Waals surface area contributed by atoms with E-state index >= 15 is 0 Å². The maximum Gasteiger partial charge on any atom is 0.451 e. The van der Waals surface area contributed by atoms with Crippen molar-refractivity contribution in [2.75, 3.05) is 31.7 Å². The molecule has 0 atom stereocenters. The van der Waals surface area contributed by atoms with Gasteiger partial charge in [0.1, 0.15) is 11.0 Å².